The largest absolute Gasteiger partial charge is 0.490 e. The molecule has 0 bridgehead atoms. The minimum absolute atomic E-state index is 0.0400. The molecule has 1 aliphatic heterocycles. The second-order valence-corrected chi connectivity index (χ2v) is 12.6. The van der Waals surface area contributed by atoms with E-state index in [4.69, 9.17) is 19.9 Å². The van der Waals surface area contributed by atoms with E-state index in [2.05, 4.69) is 66.8 Å². The van der Waals surface area contributed by atoms with E-state index in [9.17, 15) is 10.1 Å². The van der Waals surface area contributed by atoms with Crippen molar-refractivity contribution in [1.29, 1.82) is 5.26 Å². The smallest absolute Gasteiger partial charge is 0.174 e. The predicted molar refractivity (Wildman–Crippen MR) is 172 cm³/mol. The highest BCUT2D eigenvalue weighted by Crippen LogP contribution is 2.50. The Balaban J connectivity index is 1.59. The van der Waals surface area contributed by atoms with Crippen LogP contribution in [0.15, 0.2) is 77.3 Å². The third-order valence-corrected chi connectivity index (χ3v) is 8.72. The number of nitrogens with zero attached hydrogens (tertiary/aromatic N) is 2. The molecule has 8 heteroatoms. The van der Waals surface area contributed by atoms with Crippen LogP contribution in [0.25, 0.3) is 10.8 Å². The van der Waals surface area contributed by atoms with Gasteiger partial charge in [0.05, 0.1) is 34.3 Å². The summed E-state index contributed by atoms with van der Waals surface area (Å²) in [5.74, 6) is 1.02. The number of hydrogen-bond acceptors (Lipinski definition) is 7. The molecule has 1 heterocycles. The van der Waals surface area contributed by atoms with Crippen molar-refractivity contribution in [2.45, 2.75) is 46.1 Å². The fourth-order valence-electron chi connectivity index (χ4n) is 6.07. The number of carbonyl (C=O) groups excluding carboxylic acids is 1. The number of fused-ring (bicyclic) bond motifs is 1. The number of rotatable bonds is 9. The van der Waals surface area contributed by atoms with Crippen molar-refractivity contribution in [3.8, 4) is 17.6 Å². The maximum Gasteiger partial charge on any atom is 0.174 e. The Kier molecular flexibility index (Phi) is 8.81. The van der Waals surface area contributed by atoms with Gasteiger partial charge in [-0.05, 0) is 75.4 Å². The first-order chi connectivity index (χ1) is 20.2. The van der Waals surface area contributed by atoms with Crippen LogP contribution in [0, 0.1) is 20.3 Å². The SMILES string of the molecule is CCOc1cc([C@H]2C(C#N)=C(N)N(CCOC)C3=C2C(=O)CC(C)(C)C3)cc(I)c1OCc1cccc2ccccc12. The Morgan fingerprint density at radius 3 is 2.62 bits per heavy atom. The fraction of sp³-hybridized carbons (Fsp3) is 0.353. The lowest BCUT2D eigenvalue weighted by Gasteiger charge is -2.43. The summed E-state index contributed by atoms with van der Waals surface area (Å²) in [7, 11) is 1.63. The average Bonchev–Trinajstić information content (AvgIpc) is 2.95. The van der Waals surface area contributed by atoms with E-state index in [0.29, 0.717) is 67.7 Å². The summed E-state index contributed by atoms with van der Waals surface area (Å²) in [6, 6.07) is 20.7. The molecule has 7 nitrogen and oxygen atoms in total. The van der Waals surface area contributed by atoms with Gasteiger partial charge in [-0.15, -0.1) is 0 Å². The second-order valence-electron chi connectivity index (χ2n) is 11.5. The van der Waals surface area contributed by atoms with Crippen molar-refractivity contribution >= 4 is 39.1 Å². The highest BCUT2D eigenvalue weighted by Gasteiger charge is 2.44. The van der Waals surface area contributed by atoms with Crippen LogP contribution < -0.4 is 15.2 Å². The summed E-state index contributed by atoms with van der Waals surface area (Å²) in [6.45, 7) is 7.80. The molecule has 0 saturated carbocycles. The maximum atomic E-state index is 13.8. The Hall–Kier alpha value is -3.55. The Morgan fingerprint density at radius 2 is 1.88 bits per heavy atom. The molecule has 0 aromatic heterocycles. The molecule has 218 valence electrons. The minimum Gasteiger partial charge on any atom is -0.490 e. The standard InChI is InChI=1S/C34H36IN3O4/c1-5-41-29-16-23(15-26(35)32(29)42-20-22-11-8-10-21-9-6-7-12-24(21)22)30-25(19-36)33(37)38(13-14-40-4)27-17-34(2,3)18-28(39)31(27)30/h6-12,15-16,30H,5,13-14,17-18,20,37H2,1-4H3/t30-/m0/s1. The molecule has 3 aromatic rings. The number of benzene rings is 3. The molecule has 0 fully saturated rings. The topological polar surface area (TPSA) is 97.8 Å². The first kappa shape index (κ1) is 29.9. The van der Waals surface area contributed by atoms with Gasteiger partial charge in [-0.3, -0.25) is 4.79 Å². The molecular formula is C34H36IN3O4. The minimum atomic E-state index is -0.591. The van der Waals surface area contributed by atoms with Crippen LogP contribution in [0.3, 0.4) is 0 Å². The van der Waals surface area contributed by atoms with E-state index in [1.54, 1.807) is 7.11 Å². The van der Waals surface area contributed by atoms with Crippen LogP contribution in [0.2, 0.25) is 0 Å². The molecule has 2 N–H and O–H groups in total. The van der Waals surface area contributed by atoms with E-state index >= 15 is 0 Å². The van der Waals surface area contributed by atoms with Gasteiger partial charge in [0.25, 0.3) is 0 Å². The molecule has 3 aromatic carbocycles. The highest BCUT2D eigenvalue weighted by atomic mass is 127. The lowest BCUT2D eigenvalue weighted by Crippen LogP contribution is -2.43. The molecule has 0 saturated heterocycles. The summed E-state index contributed by atoms with van der Waals surface area (Å²) in [5, 5.41) is 12.7. The quantitative estimate of drug-likeness (QED) is 0.249. The van der Waals surface area contributed by atoms with Gasteiger partial charge in [0.15, 0.2) is 17.3 Å². The molecule has 5 rings (SSSR count). The highest BCUT2D eigenvalue weighted by molar-refractivity contribution is 14.1. The number of ketones is 1. The van der Waals surface area contributed by atoms with Gasteiger partial charge in [-0.2, -0.15) is 5.26 Å². The van der Waals surface area contributed by atoms with Crippen molar-refractivity contribution in [2.24, 2.45) is 11.1 Å². The first-order valence-corrected chi connectivity index (χ1v) is 15.2. The summed E-state index contributed by atoms with van der Waals surface area (Å²) in [4.78, 5) is 15.7. The van der Waals surface area contributed by atoms with E-state index in [1.807, 2.05) is 42.2 Å². The van der Waals surface area contributed by atoms with Crippen molar-refractivity contribution in [3.63, 3.8) is 0 Å². The molecule has 42 heavy (non-hydrogen) atoms. The third kappa shape index (κ3) is 5.72. The Bertz CT molecular complexity index is 1630. The van der Waals surface area contributed by atoms with Gasteiger partial charge in [0.1, 0.15) is 12.4 Å². The molecule has 0 spiro atoms. The lowest BCUT2D eigenvalue weighted by molar-refractivity contribution is -0.118. The van der Waals surface area contributed by atoms with Crippen LogP contribution in [-0.2, 0) is 16.1 Å². The first-order valence-electron chi connectivity index (χ1n) is 14.2. The molecule has 0 amide bonds. The zero-order valence-electron chi connectivity index (χ0n) is 24.5. The lowest BCUT2D eigenvalue weighted by atomic mass is 9.68. The number of halogens is 1. The number of hydrogen-bond donors (Lipinski definition) is 1. The van der Waals surface area contributed by atoms with E-state index in [-0.39, 0.29) is 11.2 Å². The van der Waals surface area contributed by atoms with Gasteiger partial charge in [0, 0.05) is 31.3 Å². The van der Waals surface area contributed by atoms with Crippen molar-refractivity contribution in [2.75, 3.05) is 26.9 Å². The molecule has 2 aliphatic rings. The van der Waals surface area contributed by atoms with Crippen LogP contribution in [0.5, 0.6) is 11.5 Å². The summed E-state index contributed by atoms with van der Waals surface area (Å²) >= 11 is 2.25. The van der Waals surface area contributed by atoms with E-state index < -0.39 is 5.92 Å². The third-order valence-electron chi connectivity index (χ3n) is 7.92. The average molecular weight is 678 g/mol. The molecule has 0 radical (unpaired) electrons. The van der Waals surface area contributed by atoms with Crippen molar-refractivity contribution < 1.29 is 19.0 Å². The number of ether oxygens (including phenoxy) is 3. The van der Waals surface area contributed by atoms with Gasteiger partial charge in [0.2, 0.25) is 0 Å². The number of Topliss-reactive ketones (excluding diaryl/α,β-unsaturated/α-hetero) is 1. The molecule has 1 atom stereocenters. The van der Waals surface area contributed by atoms with Crippen molar-refractivity contribution in [1.82, 2.24) is 4.90 Å². The molecule has 1 aliphatic carbocycles. The van der Waals surface area contributed by atoms with Gasteiger partial charge in [-0.25, -0.2) is 0 Å². The summed E-state index contributed by atoms with van der Waals surface area (Å²) in [5.41, 5.74) is 10.2. The van der Waals surface area contributed by atoms with E-state index in [0.717, 1.165) is 31.2 Å². The normalized spacial score (nSPS) is 18.2. The Labute approximate surface area is 261 Å². The Morgan fingerprint density at radius 1 is 1.12 bits per heavy atom. The van der Waals surface area contributed by atoms with Crippen LogP contribution in [-0.4, -0.2) is 37.6 Å². The zero-order valence-corrected chi connectivity index (χ0v) is 26.7. The monoisotopic (exact) mass is 677 g/mol. The van der Waals surface area contributed by atoms with Crippen LogP contribution in [0.4, 0.5) is 0 Å². The fourth-order valence-corrected chi connectivity index (χ4v) is 6.85. The van der Waals surface area contributed by atoms with E-state index in [1.165, 1.54) is 0 Å². The molecular weight excluding hydrogens is 641 g/mol. The molecule has 0 unspecified atom stereocenters. The van der Waals surface area contributed by atoms with Gasteiger partial charge in [-0.1, -0.05) is 56.3 Å². The van der Waals surface area contributed by atoms with Gasteiger partial charge >= 0.3 is 0 Å². The number of methoxy groups -OCH3 is 1. The maximum absolute atomic E-state index is 13.8. The second kappa shape index (κ2) is 12.4. The summed E-state index contributed by atoms with van der Waals surface area (Å²) in [6.07, 6.45) is 1.08. The predicted octanol–water partition coefficient (Wildman–Crippen LogP) is 6.80. The van der Waals surface area contributed by atoms with Crippen molar-refractivity contribution in [3.05, 3.63) is 92.0 Å². The van der Waals surface area contributed by atoms with Gasteiger partial charge < -0.3 is 24.8 Å². The number of carbonyl (C=O) groups is 1. The number of allylic oxidation sites excluding steroid dienone is 3. The number of nitrogens with two attached hydrogens (primary N) is 1. The number of nitriles is 1. The van der Waals surface area contributed by atoms with Crippen LogP contribution >= 0.6 is 22.6 Å². The van der Waals surface area contributed by atoms with Crippen LogP contribution in [0.1, 0.15) is 50.7 Å². The summed E-state index contributed by atoms with van der Waals surface area (Å²) < 4.78 is 18.7. The zero-order chi connectivity index (χ0) is 30.0.